The summed E-state index contributed by atoms with van der Waals surface area (Å²) in [5.74, 6) is -0.386. The molecule has 0 saturated heterocycles. The second-order valence-electron chi connectivity index (χ2n) is 6.49. The fourth-order valence-corrected chi connectivity index (χ4v) is 3.64. The summed E-state index contributed by atoms with van der Waals surface area (Å²) in [5, 5.41) is 4.81. The van der Waals surface area contributed by atoms with Crippen molar-refractivity contribution in [1.82, 2.24) is 19.7 Å². The van der Waals surface area contributed by atoms with Gasteiger partial charge in [-0.3, -0.25) is 14.5 Å². The number of benzene rings is 1. The Balaban J connectivity index is 1.93. The smallest absolute Gasteiger partial charge is 0.246 e. The molecule has 6 heteroatoms. The Morgan fingerprint density at radius 3 is 2.52 bits per heavy atom. The molecule has 1 atom stereocenters. The van der Waals surface area contributed by atoms with Crippen LogP contribution in [0.3, 0.4) is 0 Å². The summed E-state index contributed by atoms with van der Waals surface area (Å²) >= 11 is 0. The SMILES string of the molecule is C=CC(=O)N1CCn2nc(-c3ccc(F)cc3)c(-c3ccncc3)c2C1C. The first kappa shape index (κ1) is 17.1. The van der Waals surface area contributed by atoms with E-state index in [9.17, 15) is 9.18 Å². The van der Waals surface area contributed by atoms with E-state index in [-0.39, 0.29) is 17.8 Å². The van der Waals surface area contributed by atoms with Crippen LogP contribution in [0.2, 0.25) is 0 Å². The van der Waals surface area contributed by atoms with E-state index in [4.69, 9.17) is 5.10 Å². The summed E-state index contributed by atoms with van der Waals surface area (Å²) < 4.78 is 15.4. The molecule has 1 amide bonds. The van der Waals surface area contributed by atoms with Crippen molar-refractivity contribution in [3.63, 3.8) is 0 Å². The van der Waals surface area contributed by atoms with E-state index in [1.165, 1.54) is 18.2 Å². The molecule has 2 aromatic heterocycles. The number of fused-ring (bicyclic) bond motifs is 1. The fraction of sp³-hybridized carbons (Fsp3) is 0.190. The van der Waals surface area contributed by atoms with Crippen LogP contribution in [0.4, 0.5) is 4.39 Å². The van der Waals surface area contributed by atoms with E-state index in [1.807, 2.05) is 23.7 Å². The highest BCUT2D eigenvalue weighted by Crippen LogP contribution is 2.40. The summed E-state index contributed by atoms with van der Waals surface area (Å²) in [4.78, 5) is 18.2. The standard InChI is InChI=1S/C21H19FN4O/c1-3-18(27)25-12-13-26-21(14(25)2)19(15-8-10-23-11-9-15)20(24-26)16-4-6-17(22)7-5-16/h3-11,14H,1,12-13H2,2H3. The molecule has 0 fully saturated rings. The van der Waals surface area contributed by atoms with Crippen LogP contribution in [0.5, 0.6) is 0 Å². The van der Waals surface area contributed by atoms with Crippen molar-refractivity contribution < 1.29 is 9.18 Å². The Morgan fingerprint density at radius 1 is 1.15 bits per heavy atom. The van der Waals surface area contributed by atoms with Gasteiger partial charge < -0.3 is 4.90 Å². The lowest BCUT2D eigenvalue weighted by Crippen LogP contribution is -2.40. The Bertz CT molecular complexity index is 995. The molecule has 5 nitrogen and oxygen atoms in total. The number of carbonyl (C=O) groups excluding carboxylic acids is 1. The number of carbonyl (C=O) groups is 1. The van der Waals surface area contributed by atoms with Crippen molar-refractivity contribution in [3.05, 3.63) is 73.0 Å². The molecule has 1 aliphatic rings. The summed E-state index contributed by atoms with van der Waals surface area (Å²) in [6.45, 7) is 6.77. The molecule has 3 aromatic rings. The largest absolute Gasteiger partial charge is 0.329 e. The van der Waals surface area contributed by atoms with Gasteiger partial charge in [-0.1, -0.05) is 6.58 Å². The first-order chi connectivity index (χ1) is 13.1. The highest BCUT2D eigenvalue weighted by molar-refractivity contribution is 5.88. The van der Waals surface area contributed by atoms with Crippen LogP contribution in [-0.2, 0) is 11.3 Å². The zero-order valence-electron chi connectivity index (χ0n) is 15.0. The molecule has 0 spiro atoms. The van der Waals surface area contributed by atoms with Crippen LogP contribution in [-0.4, -0.2) is 32.1 Å². The van der Waals surface area contributed by atoms with Crippen LogP contribution in [0.1, 0.15) is 18.7 Å². The second-order valence-corrected chi connectivity index (χ2v) is 6.49. The summed E-state index contributed by atoms with van der Waals surface area (Å²) in [7, 11) is 0. The minimum absolute atomic E-state index is 0.0982. The van der Waals surface area contributed by atoms with Gasteiger partial charge in [0.2, 0.25) is 5.91 Å². The molecule has 27 heavy (non-hydrogen) atoms. The second kappa shape index (κ2) is 6.79. The maximum absolute atomic E-state index is 13.4. The number of rotatable bonds is 3. The molecule has 3 heterocycles. The van der Waals surface area contributed by atoms with Crippen molar-refractivity contribution in [1.29, 1.82) is 0 Å². The lowest BCUT2D eigenvalue weighted by Gasteiger charge is -2.34. The van der Waals surface area contributed by atoms with Crippen LogP contribution in [0.15, 0.2) is 61.4 Å². The number of nitrogens with zero attached hydrogens (tertiary/aromatic N) is 4. The van der Waals surface area contributed by atoms with Gasteiger partial charge in [-0.15, -0.1) is 0 Å². The molecule has 1 aromatic carbocycles. The van der Waals surface area contributed by atoms with Gasteiger partial charge in [0.1, 0.15) is 11.5 Å². The van der Waals surface area contributed by atoms with Crippen molar-refractivity contribution >= 4 is 5.91 Å². The quantitative estimate of drug-likeness (QED) is 0.665. The summed E-state index contributed by atoms with van der Waals surface area (Å²) in [6, 6.07) is 10.0. The van der Waals surface area contributed by atoms with Gasteiger partial charge in [0.15, 0.2) is 0 Å². The van der Waals surface area contributed by atoms with Crippen molar-refractivity contribution in [2.24, 2.45) is 0 Å². The number of halogens is 1. The molecular weight excluding hydrogens is 343 g/mol. The Hall–Kier alpha value is -3.28. The number of hydrogen-bond acceptors (Lipinski definition) is 3. The van der Waals surface area contributed by atoms with Gasteiger partial charge in [-0.25, -0.2) is 4.39 Å². The molecule has 0 N–H and O–H groups in total. The average Bonchev–Trinajstić information content (AvgIpc) is 3.09. The van der Waals surface area contributed by atoms with Crippen molar-refractivity contribution in [2.45, 2.75) is 19.5 Å². The zero-order chi connectivity index (χ0) is 19.0. The van der Waals surface area contributed by atoms with E-state index in [1.54, 1.807) is 29.4 Å². The van der Waals surface area contributed by atoms with Gasteiger partial charge in [-0.2, -0.15) is 5.10 Å². The van der Waals surface area contributed by atoms with Gasteiger partial charge in [-0.05, 0) is 55.0 Å². The van der Waals surface area contributed by atoms with Gasteiger partial charge >= 0.3 is 0 Å². The molecule has 0 radical (unpaired) electrons. The highest BCUT2D eigenvalue weighted by Gasteiger charge is 2.32. The van der Waals surface area contributed by atoms with Crippen LogP contribution in [0, 0.1) is 5.82 Å². The van der Waals surface area contributed by atoms with Gasteiger partial charge in [0.05, 0.1) is 18.3 Å². The fourth-order valence-electron chi connectivity index (χ4n) is 3.64. The lowest BCUT2D eigenvalue weighted by atomic mass is 9.96. The molecular formula is C21H19FN4O. The third-order valence-electron chi connectivity index (χ3n) is 4.95. The van der Waals surface area contributed by atoms with E-state index in [2.05, 4.69) is 11.6 Å². The topological polar surface area (TPSA) is 51.0 Å². The van der Waals surface area contributed by atoms with Gasteiger partial charge in [0, 0.05) is 30.1 Å². The highest BCUT2D eigenvalue weighted by atomic mass is 19.1. The third kappa shape index (κ3) is 2.93. The van der Waals surface area contributed by atoms with Crippen molar-refractivity contribution in [2.75, 3.05) is 6.54 Å². The van der Waals surface area contributed by atoms with Crippen LogP contribution in [0.25, 0.3) is 22.4 Å². The molecule has 1 aliphatic heterocycles. The monoisotopic (exact) mass is 362 g/mol. The first-order valence-electron chi connectivity index (χ1n) is 8.80. The number of pyridine rings is 1. The first-order valence-corrected chi connectivity index (χ1v) is 8.80. The van der Waals surface area contributed by atoms with Gasteiger partial charge in [0.25, 0.3) is 0 Å². The maximum atomic E-state index is 13.4. The maximum Gasteiger partial charge on any atom is 0.246 e. The number of hydrogen-bond donors (Lipinski definition) is 0. The molecule has 4 rings (SSSR count). The zero-order valence-corrected chi connectivity index (χ0v) is 15.0. The third-order valence-corrected chi connectivity index (χ3v) is 4.95. The summed E-state index contributed by atoms with van der Waals surface area (Å²) in [6.07, 6.45) is 4.80. The minimum Gasteiger partial charge on any atom is -0.329 e. The molecule has 136 valence electrons. The predicted octanol–water partition coefficient (Wildman–Crippen LogP) is 3.84. The minimum atomic E-state index is -0.288. The van der Waals surface area contributed by atoms with Crippen LogP contribution < -0.4 is 0 Å². The van der Waals surface area contributed by atoms with E-state index in [0.717, 1.165) is 28.1 Å². The van der Waals surface area contributed by atoms with Crippen LogP contribution >= 0.6 is 0 Å². The van der Waals surface area contributed by atoms with Crippen molar-refractivity contribution in [3.8, 4) is 22.4 Å². The molecule has 0 bridgehead atoms. The molecule has 0 aliphatic carbocycles. The number of amides is 1. The lowest BCUT2D eigenvalue weighted by molar-refractivity contribution is -0.129. The Labute approximate surface area is 156 Å². The van der Waals surface area contributed by atoms with E-state index < -0.39 is 0 Å². The Kier molecular flexibility index (Phi) is 4.32. The average molecular weight is 362 g/mol. The predicted molar refractivity (Wildman–Crippen MR) is 101 cm³/mol. The summed E-state index contributed by atoms with van der Waals surface area (Å²) in [5.41, 5.74) is 4.47. The Morgan fingerprint density at radius 2 is 1.85 bits per heavy atom. The van der Waals surface area contributed by atoms with E-state index >= 15 is 0 Å². The molecule has 0 saturated carbocycles. The van der Waals surface area contributed by atoms with E-state index in [0.29, 0.717) is 13.1 Å². The molecule has 1 unspecified atom stereocenters. The normalized spacial score (nSPS) is 16.1. The number of aromatic nitrogens is 3.